The van der Waals surface area contributed by atoms with Crippen molar-refractivity contribution < 1.29 is 4.79 Å². The highest BCUT2D eigenvalue weighted by Crippen LogP contribution is 2.23. The molecule has 3 N–H and O–H groups in total. The summed E-state index contributed by atoms with van der Waals surface area (Å²) in [6, 6.07) is 0. The number of nitrogens with one attached hydrogen (secondary N) is 1. The molecule has 0 saturated heterocycles. The van der Waals surface area contributed by atoms with Gasteiger partial charge >= 0.3 is 0 Å². The van der Waals surface area contributed by atoms with E-state index in [9.17, 15) is 4.79 Å². The summed E-state index contributed by atoms with van der Waals surface area (Å²) in [5.74, 6) is 0.422. The van der Waals surface area contributed by atoms with Crippen molar-refractivity contribution in [1.82, 2.24) is 5.32 Å². The van der Waals surface area contributed by atoms with E-state index in [1.54, 1.807) is 0 Å². The average Bonchev–Trinajstić information content (AvgIpc) is 2.45. The van der Waals surface area contributed by atoms with Crippen LogP contribution in [0.1, 0.15) is 52.4 Å². The summed E-state index contributed by atoms with van der Waals surface area (Å²) in [6.45, 7) is 4.44. The van der Waals surface area contributed by atoms with Gasteiger partial charge in [0, 0.05) is 18.0 Å². The number of nitrogens with two attached hydrogens (primary N) is 1. The SMILES string of the molecule is CC(C)(CN)NC(=O)C1CCCCCC1.Cl. The summed E-state index contributed by atoms with van der Waals surface area (Å²) in [5.41, 5.74) is 5.34. The van der Waals surface area contributed by atoms with E-state index < -0.39 is 0 Å². The Morgan fingerprint density at radius 2 is 1.75 bits per heavy atom. The molecule has 1 rings (SSSR count). The standard InChI is InChI=1S/C12H24N2O.ClH/c1-12(2,9-13)14-11(15)10-7-5-3-4-6-8-10;/h10H,3-9,13H2,1-2H3,(H,14,15);1H. The van der Waals surface area contributed by atoms with Crippen molar-refractivity contribution in [3.8, 4) is 0 Å². The number of rotatable bonds is 3. The lowest BCUT2D eigenvalue weighted by molar-refractivity contribution is -0.126. The highest BCUT2D eigenvalue weighted by molar-refractivity contribution is 5.85. The van der Waals surface area contributed by atoms with Gasteiger partial charge in [-0.1, -0.05) is 25.7 Å². The molecule has 0 bridgehead atoms. The number of amides is 1. The van der Waals surface area contributed by atoms with Crippen LogP contribution in [0.25, 0.3) is 0 Å². The number of carbonyl (C=O) groups is 1. The molecule has 1 saturated carbocycles. The lowest BCUT2D eigenvalue weighted by atomic mass is 9.97. The Morgan fingerprint density at radius 3 is 2.19 bits per heavy atom. The van der Waals surface area contributed by atoms with Crippen molar-refractivity contribution in [2.45, 2.75) is 57.9 Å². The lowest BCUT2D eigenvalue weighted by Crippen LogP contribution is -2.50. The average molecular weight is 249 g/mol. The van der Waals surface area contributed by atoms with Crippen molar-refractivity contribution in [3.63, 3.8) is 0 Å². The van der Waals surface area contributed by atoms with Gasteiger partial charge in [-0.3, -0.25) is 4.79 Å². The van der Waals surface area contributed by atoms with Crippen LogP contribution in [0.4, 0.5) is 0 Å². The molecule has 0 heterocycles. The fraction of sp³-hybridized carbons (Fsp3) is 0.917. The topological polar surface area (TPSA) is 55.1 Å². The molecule has 16 heavy (non-hydrogen) atoms. The first kappa shape index (κ1) is 15.7. The number of hydrogen-bond donors (Lipinski definition) is 2. The fourth-order valence-electron chi connectivity index (χ4n) is 2.03. The largest absolute Gasteiger partial charge is 0.350 e. The second-order valence-electron chi connectivity index (χ2n) is 5.27. The van der Waals surface area contributed by atoms with Gasteiger partial charge in [0.05, 0.1) is 0 Å². The minimum absolute atomic E-state index is 0. The van der Waals surface area contributed by atoms with Gasteiger partial charge in [0.1, 0.15) is 0 Å². The van der Waals surface area contributed by atoms with Crippen LogP contribution >= 0.6 is 12.4 Å². The first-order valence-corrected chi connectivity index (χ1v) is 6.07. The molecule has 0 aromatic heterocycles. The van der Waals surface area contributed by atoms with Gasteiger partial charge in [0.15, 0.2) is 0 Å². The van der Waals surface area contributed by atoms with Crippen LogP contribution in [-0.2, 0) is 4.79 Å². The Labute approximate surface area is 105 Å². The fourth-order valence-corrected chi connectivity index (χ4v) is 2.03. The molecule has 0 radical (unpaired) electrons. The van der Waals surface area contributed by atoms with Gasteiger partial charge in [-0.2, -0.15) is 0 Å². The Kier molecular flexibility index (Phi) is 7.00. The van der Waals surface area contributed by atoms with E-state index in [0.717, 1.165) is 12.8 Å². The van der Waals surface area contributed by atoms with E-state index in [2.05, 4.69) is 5.32 Å². The molecule has 1 fully saturated rings. The summed E-state index contributed by atoms with van der Waals surface area (Å²) in [5, 5.41) is 3.04. The number of carbonyl (C=O) groups excluding carboxylic acids is 1. The van der Waals surface area contributed by atoms with Crippen LogP contribution in [0.5, 0.6) is 0 Å². The third-order valence-corrected chi connectivity index (χ3v) is 3.20. The van der Waals surface area contributed by atoms with E-state index in [1.807, 2.05) is 13.8 Å². The van der Waals surface area contributed by atoms with Crippen LogP contribution in [0.3, 0.4) is 0 Å². The van der Waals surface area contributed by atoms with E-state index in [4.69, 9.17) is 5.73 Å². The third-order valence-electron chi connectivity index (χ3n) is 3.20. The van der Waals surface area contributed by atoms with E-state index in [1.165, 1.54) is 25.7 Å². The predicted molar refractivity (Wildman–Crippen MR) is 69.7 cm³/mol. The van der Waals surface area contributed by atoms with E-state index in [-0.39, 0.29) is 29.8 Å². The summed E-state index contributed by atoms with van der Waals surface area (Å²) in [6.07, 6.45) is 7.05. The molecular weight excluding hydrogens is 224 g/mol. The van der Waals surface area contributed by atoms with Crippen molar-refractivity contribution >= 4 is 18.3 Å². The van der Waals surface area contributed by atoms with E-state index >= 15 is 0 Å². The molecule has 0 spiro atoms. The highest BCUT2D eigenvalue weighted by Gasteiger charge is 2.25. The summed E-state index contributed by atoms with van der Waals surface area (Å²) >= 11 is 0. The molecule has 0 unspecified atom stereocenters. The zero-order valence-corrected chi connectivity index (χ0v) is 11.2. The monoisotopic (exact) mass is 248 g/mol. The molecule has 1 amide bonds. The molecule has 4 heteroatoms. The van der Waals surface area contributed by atoms with Crippen LogP contribution in [0.15, 0.2) is 0 Å². The molecule has 3 nitrogen and oxygen atoms in total. The Bertz CT molecular complexity index is 211. The van der Waals surface area contributed by atoms with Gasteiger partial charge in [0.2, 0.25) is 5.91 Å². The minimum Gasteiger partial charge on any atom is -0.350 e. The molecule has 1 aliphatic rings. The Morgan fingerprint density at radius 1 is 1.25 bits per heavy atom. The van der Waals surface area contributed by atoms with Crippen molar-refractivity contribution in [1.29, 1.82) is 0 Å². The number of hydrogen-bond acceptors (Lipinski definition) is 2. The molecule has 0 aromatic carbocycles. The molecule has 0 aliphatic heterocycles. The summed E-state index contributed by atoms with van der Waals surface area (Å²) < 4.78 is 0. The summed E-state index contributed by atoms with van der Waals surface area (Å²) in [4.78, 5) is 12.0. The molecular formula is C12H25ClN2O. The van der Waals surface area contributed by atoms with Gasteiger partial charge in [-0.25, -0.2) is 0 Å². The Hall–Kier alpha value is -0.280. The van der Waals surface area contributed by atoms with Crippen molar-refractivity contribution in [2.75, 3.05) is 6.54 Å². The first-order chi connectivity index (χ1) is 7.05. The van der Waals surface area contributed by atoms with Gasteiger partial charge < -0.3 is 11.1 Å². The van der Waals surface area contributed by atoms with E-state index in [0.29, 0.717) is 6.54 Å². The summed E-state index contributed by atoms with van der Waals surface area (Å²) in [7, 11) is 0. The zero-order valence-electron chi connectivity index (χ0n) is 10.4. The normalized spacial score (nSPS) is 18.4. The van der Waals surface area contributed by atoms with Gasteiger partial charge in [-0.05, 0) is 26.7 Å². The van der Waals surface area contributed by atoms with Crippen molar-refractivity contribution in [3.05, 3.63) is 0 Å². The van der Waals surface area contributed by atoms with Gasteiger partial charge in [0.25, 0.3) is 0 Å². The second kappa shape index (κ2) is 7.13. The van der Waals surface area contributed by atoms with Crippen LogP contribution in [-0.4, -0.2) is 18.0 Å². The van der Waals surface area contributed by atoms with Crippen LogP contribution < -0.4 is 11.1 Å². The molecule has 96 valence electrons. The lowest BCUT2D eigenvalue weighted by Gasteiger charge is -2.27. The molecule has 0 atom stereocenters. The smallest absolute Gasteiger partial charge is 0.223 e. The Balaban J connectivity index is 0.00000225. The minimum atomic E-state index is -0.261. The molecule has 0 aromatic rings. The maximum atomic E-state index is 12.0. The highest BCUT2D eigenvalue weighted by atomic mass is 35.5. The quantitative estimate of drug-likeness (QED) is 0.753. The first-order valence-electron chi connectivity index (χ1n) is 6.07. The third kappa shape index (κ3) is 5.17. The predicted octanol–water partition coefficient (Wildman–Crippen LogP) is 2.23. The number of halogens is 1. The second-order valence-corrected chi connectivity index (χ2v) is 5.27. The van der Waals surface area contributed by atoms with Crippen LogP contribution in [0.2, 0.25) is 0 Å². The maximum Gasteiger partial charge on any atom is 0.223 e. The van der Waals surface area contributed by atoms with Crippen molar-refractivity contribution in [2.24, 2.45) is 11.7 Å². The maximum absolute atomic E-state index is 12.0. The van der Waals surface area contributed by atoms with Gasteiger partial charge in [-0.15, -0.1) is 12.4 Å². The zero-order chi connectivity index (χ0) is 11.3. The molecule has 1 aliphatic carbocycles. The van der Waals surface area contributed by atoms with Crippen LogP contribution in [0, 0.1) is 5.92 Å².